The fourth-order valence-corrected chi connectivity index (χ4v) is 2.74. The SMILES string of the molecule is Clc1c2cccccc-2nc1N1CCCCC1. The van der Waals surface area contributed by atoms with Gasteiger partial charge in [0.2, 0.25) is 0 Å². The molecule has 0 aromatic rings. The maximum absolute atomic E-state index is 6.44. The summed E-state index contributed by atoms with van der Waals surface area (Å²) in [6.45, 7) is 2.16. The first-order chi connectivity index (χ1) is 8.36. The summed E-state index contributed by atoms with van der Waals surface area (Å²) in [5, 5.41) is 0.804. The van der Waals surface area contributed by atoms with Crippen molar-refractivity contribution in [3.8, 4) is 11.3 Å². The van der Waals surface area contributed by atoms with Crippen molar-refractivity contribution in [1.29, 1.82) is 0 Å². The van der Waals surface area contributed by atoms with Gasteiger partial charge in [-0.3, -0.25) is 0 Å². The second-order valence-corrected chi connectivity index (χ2v) is 4.88. The molecule has 0 bridgehead atoms. The molecule has 2 nitrogen and oxygen atoms in total. The number of piperidine rings is 1. The smallest absolute Gasteiger partial charge is 0.148 e. The quantitative estimate of drug-likeness (QED) is 0.760. The van der Waals surface area contributed by atoms with Gasteiger partial charge in [0.05, 0.1) is 10.7 Å². The van der Waals surface area contributed by atoms with Gasteiger partial charge in [-0.05, 0) is 25.3 Å². The molecule has 0 aromatic heterocycles. The van der Waals surface area contributed by atoms with Gasteiger partial charge in [0, 0.05) is 18.7 Å². The van der Waals surface area contributed by atoms with E-state index in [4.69, 9.17) is 11.6 Å². The lowest BCUT2D eigenvalue weighted by atomic mass is 10.1. The van der Waals surface area contributed by atoms with Crippen LogP contribution < -0.4 is 4.90 Å². The topological polar surface area (TPSA) is 16.1 Å². The van der Waals surface area contributed by atoms with Crippen LogP contribution in [0.3, 0.4) is 0 Å². The standard InChI is InChI=1S/C14H15ClN2/c15-13-11-7-3-1-4-8-12(11)16-14(13)17-9-5-2-6-10-17/h1,3-4,7-8H,2,5-6,9-10H2. The minimum absolute atomic E-state index is 0.804. The Hall–Kier alpha value is -1.28. The van der Waals surface area contributed by atoms with Crippen molar-refractivity contribution in [3.63, 3.8) is 0 Å². The Balaban J connectivity index is 2.05. The average Bonchev–Trinajstić information content (AvgIpc) is 2.56. The van der Waals surface area contributed by atoms with Crippen LogP contribution in [0.25, 0.3) is 11.3 Å². The molecule has 0 amide bonds. The zero-order valence-electron chi connectivity index (χ0n) is 9.69. The number of aromatic nitrogens is 1. The van der Waals surface area contributed by atoms with E-state index in [1.54, 1.807) is 0 Å². The van der Waals surface area contributed by atoms with E-state index in [-0.39, 0.29) is 0 Å². The molecule has 0 aromatic carbocycles. The third-order valence-corrected chi connectivity index (χ3v) is 3.70. The first kappa shape index (κ1) is 10.8. The molecule has 0 atom stereocenters. The number of anilines is 1. The van der Waals surface area contributed by atoms with Gasteiger partial charge in [-0.1, -0.05) is 35.9 Å². The number of hydrogen-bond acceptors (Lipinski definition) is 2. The van der Waals surface area contributed by atoms with E-state index in [9.17, 15) is 0 Å². The van der Waals surface area contributed by atoms with E-state index in [0.717, 1.165) is 35.2 Å². The van der Waals surface area contributed by atoms with Gasteiger partial charge in [0.15, 0.2) is 0 Å². The van der Waals surface area contributed by atoms with E-state index < -0.39 is 0 Å². The Bertz CT molecular complexity index is 492. The van der Waals surface area contributed by atoms with Crippen LogP contribution in [0.2, 0.25) is 5.02 Å². The first-order valence-electron chi connectivity index (χ1n) is 6.15. The molecule has 2 aliphatic heterocycles. The molecule has 1 saturated heterocycles. The van der Waals surface area contributed by atoms with Crippen molar-refractivity contribution in [2.45, 2.75) is 19.3 Å². The van der Waals surface area contributed by atoms with Crippen LogP contribution in [-0.4, -0.2) is 18.1 Å². The summed E-state index contributed by atoms with van der Waals surface area (Å²) in [4.78, 5) is 6.98. The van der Waals surface area contributed by atoms with E-state index in [2.05, 4.69) is 9.88 Å². The number of halogens is 1. The highest BCUT2D eigenvalue weighted by molar-refractivity contribution is 6.36. The lowest BCUT2D eigenvalue weighted by Gasteiger charge is -2.27. The molecule has 0 unspecified atom stereocenters. The van der Waals surface area contributed by atoms with E-state index in [1.807, 2.05) is 30.3 Å². The summed E-state index contributed by atoms with van der Waals surface area (Å²) in [6.07, 6.45) is 3.81. The van der Waals surface area contributed by atoms with Crippen LogP contribution in [0.4, 0.5) is 5.82 Å². The van der Waals surface area contributed by atoms with Gasteiger partial charge < -0.3 is 4.90 Å². The molecule has 2 heterocycles. The molecule has 3 heteroatoms. The average molecular weight is 247 g/mol. The Labute approximate surface area is 107 Å². The number of nitrogens with zero attached hydrogens (tertiary/aromatic N) is 2. The normalized spacial score (nSPS) is 16.4. The second kappa shape index (κ2) is 4.53. The molecule has 0 spiro atoms. The van der Waals surface area contributed by atoms with Crippen molar-refractivity contribution in [3.05, 3.63) is 35.4 Å². The van der Waals surface area contributed by atoms with E-state index >= 15 is 0 Å². The molecular weight excluding hydrogens is 232 g/mol. The Morgan fingerprint density at radius 2 is 1.76 bits per heavy atom. The summed E-state index contributed by atoms with van der Waals surface area (Å²) < 4.78 is 0. The minimum Gasteiger partial charge on any atom is -0.355 e. The number of rotatable bonds is 1. The Morgan fingerprint density at radius 1 is 1.00 bits per heavy atom. The van der Waals surface area contributed by atoms with Crippen molar-refractivity contribution in [1.82, 2.24) is 4.98 Å². The number of hydrogen-bond donors (Lipinski definition) is 0. The predicted octanol–water partition coefficient (Wildman–Crippen LogP) is 3.83. The molecule has 1 aliphatic carbocycles. The monoisotopic (exact) mass is 246 g/mol. The zero-order valence-corrected chi connectivity index (χ0v) is 10.5. The molecule has 1 fully saturated rings. The fraction of sp³-hybridized carbons (Fsp3) is 0.357. The highest BCUT2D eigenvalue weighted by Gasteiger charge is 2.21. The van der Waals surface area contributed by atoms with Gasteiger partial charge in [-0.25, -0.2) is 4.98 Å². The van der Waals surface area contributed by atoms with Crippen LogP contribution in [0.15, 0.2) is 30.3 Å². The molecule has 3 rings (SSSR count). The van der Waals surface area contributed by atoms with Crippen molar-refractivity contribution in [2.75, 3.05) is 18.0 Å². The third-order valence-electron chi connectivity index (χ3n) is 3.33. The molecule has 0 saturated carbocycles. The molecular formula is C14H15ClN2. The van der Waals surface area contributed by atoms with Crippen molar-refractivity contribution < 1.29 is 0 Å². The molecule has 0 N–H and O–H groups in total. The summed E-state index contributed by atoms with van der Waals surface area (Å²) >= 11 is 6.44. The fourth-order valence-electron chi connectivity index (χ4n) is 2.42. The van der Waals surface area contributed by atoms with Gasteiger partial charge >= 0.3 is 0 Å². The minimum atomic E-state index is 0.804. The summed E-state index contributed by atoms with van der Waals surface area (Å²) in [6, 6.07) is 10.1. The zero-order chi connectivity index (χ0) is 11.7. The lowest BCUT2D eigenvalue weighted by Crippen LogP contribution is -2.29. The summed E-state index contributed by atoms with van der Waals surface area (Å²) in [5.41, 5.74) is 2.04. The van der Waals surface area contributed by atoms with E-state index in [1.165, 1.54) is 19.3 Å². The van der Waals surface area contributed by atoms with E-state index in [0.29, 0.717) is 0 Å². The highest BCUT2D eigenvalue weighted by Crippen LogP contribution is 2.38. The van der Waals surface area contributed by atoms with Crippen molar-refractivity contribution in [2.24, 2.45) is 0 Å². The summed E-state index contributed by atoms with van der Waals surface area (Å²) in [5.74, 6) is 0.965. The van der Waals surface area contributed by atoms with Gasteiger partial charge in [-0.15, -0.1) is 0 Å². The Kier molecular flexibility index (Phi) is 2.89. The van der Waals surface area contributed by atoms with Crippen LogP contribution in [-0.2, 0) is 0 Å². The third kappa shape index (κ3) is 1.98. The maximum Gasteiger partial charge on any atom is 0.148 e. The molecule has 0 radical (unpaired) electrons. The van der Waals surface area contributed by atoms with Gasteiger partial charge in [0.1, 0.15) is 5.82 Å². The second-order valence-electron chi connectivity index (χ2n) is 4.51. The highest BCUT2D eigenvalue weighted by atomic mass is 35.5. The maximum atomic E-state index is 6.44. The molecule has 3 aliphatic rings. The molecule has 88 valence electrons. The predicted molar refractivity (Wildman–Crippen MR) is 71.9 cm³/mol. The van der Waals surface area contributed by atoms with Crippen molar-refractivity contribution >= 4 is 17.4 Å². The Morgan fingerprint density at radius 3 is 2.59 bits per heavy atom. The number of fused-ring (bicyclic) bond motifs is 1. The van der Waals surface area contributed by atoms with Crippen LogP contribution >= 0.6 is 11.6 Å². The van der Waals surface area contributed by atoms with Gasteiger partial charge in [-0.2, -0.15) is 0 Å². The van der Waals surface area contributed by atoms with Crippen LogP contribution in [0, 0.1) is 0 Å². The van der Waals surface area contributed by atoms with Crippen LogP contribution in [0.5, 0.6) is 0 Å². The van der Waals surface area contributed by atoms with Gasteiger partial charge in [0.25, 0.3) is 0 Å². The first-order valence-corrected chi connectivity index (χ1v) is 6.53. The van der Waals surface area contributed by atoms with Crippen LogP contribution in [0.1, 0.15) is 19.3 Å². The summed E-state index contributed by atoms with van der Waals surface area (Å²) in [7, 11) is 0. The molecule has 17 heavy (non-hydrogen) atoms. The lowest BCUT2D eigenvalue weighted by molar-refractivity contribution is 0.574. The largest absolute Gasteiger partial charge is 0.355 e.